The van der Waals surface area contributed by atoms with Gasteiger partial charge in [-0.2, -0.15) is 0 Å². The first-order valence-electron chi connectivity index (χ1n) is 26.6. The maximum absolute atomic E-state index is 12.8. The van der Waals surface area contributed by atoms with E-state index in [1.54, 1.807) is 0 Å². The van der Waals surface area contributed by atoms with Gasteiger partial charge in [-0.3, -0.25) is 14.4 Å². The first-order valence-corrected chi connectivity index (χ1v) is 26.6. The van der Waals surface area contributed by atoms with Crippen molar-refractivity contribution in [3.05, 3.63) is 48.6 Å². The van der Waals surface area contributed by atoms with Crippen molar-refractivity contribution in [2.45, 2.75) is 277 Å². The van der Waals surface area contributed by atoms with Crippen LogP contribution in [0, 0.1) is 0 Å². The lowest BCUT2D eigenvalue weighted by Gasteiger charge is -2.18. The van der Waals surface area contributed by atoms with Gasteiger partial charge in [-0.25, -0.2) is 0 Å². The van der Waals surface area contributed by atoms with E-state index in [4.69, 9.17) is 14.2 Å². The van der Waals surface area contributed by atoms with Gasteiger partial charge in [0.1, 0.15) is 13.2 Å². The molecule has 0 aliphatic rings. The molecule has 0 saturated carbocycles. The van der Waals surface area contributed by atoms with E-state index in [0.29, 0.717) is 19.3 Å². The number of carbonyl (C=O) groups is 3. The zero-order valence-electron chi connectivity index (χ0n) is 41.1. The third kappa shape index (κ3) is 48.4. The number of rotatable bonds is 48. The number of esters is 3. The lowest BCUT2D eigenvalue weighted by atomic mass is 10.1. The molecular formula is C56H100O6. The number of carbonyl (C=O) groups excluding carboxylic acids is 3. The minimum Gasteiger partial charge on any atom is -0.462 e. The van der Waals surface area contributed by atoms with Crippen LogP contribution >= 0.6 is 0 Å². The fourth-order valence-electron chi connectivity index (χ4n) is 7.47. The zero-order chi connectivity index (χ0) is 45.1. The van der Waals surface area contributed by atoms with Gasteiger partial charge in [0.2, 0.25) is 0 Å². The van der Waals surface area contributed by atoms with Crippen molar-refractivity contribution < 1.29 is 28.6 Å². The summed E-state index contributed by atoms with van der Waals surface area (Å²) in [7, 11) is 0. The third-order valence-electron chi connectivity index (χ3n) is 11.5. The van der Waals surface area contributed by atoms with Crippen LogP contribution < -0.4 is 0 Å². The average Bonchev–Trinajstić information content (AvgIpc) is 3.27. The highest BCUT2D eigenvalue weighted by Gasteiger charge is 2.19. The summed E-state index contributed by atoms with van der Waals surface area (Å²) in [5.41, 5.74) is 0. The fraction of sp³-hybridized carbons (Fsp3) is 0.804. The van der Waals surface area contributed by atoms with Crippen LogP contribution in [-0.2, 0) is 28.6 Å². The summed E-state index contributed by atoms with van der Waals surface area (Å²) < 4.78 is 16.8. The first kappa shape index (κ1) is 59.4. The topological polar surface area (TPSA) is 78.9 Å². The Morgan fingerprint density at radius 3 is 0.968 bits per heavy atom. The largest absolute Gasteiger partial charge is 0.462 e. The van der Waals surface area contributed by atoms with Crippen molar-refractivity contribution in [2.24, 2.45) is 0 Å². The van der Waals surface area contributed by atoms with E-state index in [1.165, 1.54) is 128 Å². The molecular weight excluding hydrogens is 769 g/mol. The molecule has 0 heterocycles. The summed E-state index contributed by atoms with van der Waals surface area (Å²) in [6.07, 6.45) is 60.9. The third-order valence-corrected chi connectivity index (χ3v) is 11.5. The van der Waals surface area contributed by atoms with Gasteiger partial charge < -0.3 is 14.2 Å². The van der Waals surface area contributed by atoms with E-state index in [9.17, 15) is 14.4 Å². The summed E-state index contributed by atoms with van der Waals surface area (Å²) in [5, 5.41) is 0. The molecule has 0 bridgehead atoms. The first-order chi connectivity index (χ1) is 30.5. The molecule has 62 heavy (non-hydrogen) atoms. The van der Waals surface area contributed by atoms with Crippen LogP contribution in [0.3, 0.4) is 0 Å². The molecule has 0 amide bonds. The second-order valence-corrected chi connectivity index (χ2v) is 17.8. The number of unbranched alkanes of at least 4 members (excludes halogenated alkanes) is 29. The Labute approximate surface area is 384 Å². The summed E-state index contributed by atoms with van der Waals surface area (Å²) in [6.45, 7) is 6.55. The summed E-state index contributed by atoms with van der Waals surface area (Å²) in [6, 6.07) is 0. The van der Waals surface area contributed by atoms with Crippen molar-refractivity contribution in [1.82, 2.24) is 0 Å². The van der Waals surface area contributed by atoms with E-state index >= 15 is 0 Å². The van der Waals surface area contributed by atoms with E-state index < -0.39 is 6.10 Å². The number of ether oxygens (including phenoxy) is 3. The van der Waals surface area contributed by atoms with E-state index in [2.05, 4.69) is 69.4 Å². The van der Waals surface area contributed by atoms with E-state index in [0.717, 1.165) is 103 Å². The molecule has 0 aromatic carbocycles. The predicted molar refractivity (Wildman–Crippen MR) is 265 cm³/mol. The molecule has 0 rings (SSSR count). The average molecular weight is 869 g/mol. The van der Waals surface area contributed by atoms with Gasteiger partial charge in [0, 0.05) is 19.3 Å². The molecule has 1 unspecified atom stereocenters. The quantitative estimate of drug-likeness (QED) is 0.0262. The minimum atomic E-state index is -0.785. The molecule has 0 spiro atoms. The summed E-state index contributed by atoms with van der Waals surface area (Å²) in [5.74, 6) is -0.908. The molecule has 1 atom stereocenters. The molecule has 360 valence electrons. The van der Waals surface area contributed by atoms with E-state index in [-0.39, 0.29) is 31.1 Å². The second-order valence-electron chi connectivity index (χ2n) is 17.8. The Morgan fingerprint density at radius 1 is 0.323 bits per heavy atom. The number of hydrogen-bond acceptors (Lipinski definition) is 6. The fourth-order valence-corrected chi connectivity index (χ4v) is 7.47. The van der Waals surface area contributed by atoms with Crippen LogP contribution in [0.4, 0.5) is 0 Å². The summed E-state index contributed by atoms with van der Waals surface area (Å²) in [4.78, 5) is 38.0. The predicted octanol–water partition coefficient (Wildman–Crippen LogP) is 17.5. The normalized spacial score (nSPS) is 12.4. The Kier molecular flexibility index (Phi) is 48.8. The smallest absolute Gasteiger partial charge is 0.306 e. The molecule has 0 radical (unpaired) electrons. The molecule has 0 N–H and O–H groups in total. The lowest BCUT2D eigenvalue weighted by molar-refractivity contribution is -0.167. The maximum atomic E-state index is 12.8. The monoisotopic (exact) mass is 869 g/mol. The molecule has 0 saturated heterocycles. The van der Waals surface area contributed by atoms with Gasteiger partial charge >= 0.3 is 17.9 Å². The molecule has 0 aromatic heterocycles. The number of hydrogen-bond donors (Lipinski definition) is 0. The SMILES string of the molecule is CCC/C=C\C/C=C\CCCCCCCC(=O)OCC(COC(=O)CCCCCCC/C=C\CCCCCCCCC)OC(=O)CCCCCCC/C=C\CCCCCCCC. The Balaban J connectivity index is 4.40. The van der Waals surface area contributed by atoms with Gasteiger partial charge in [-0.1, -0.05) is 204 Å². The van der Waals surface area contributed by atoms with E-state index in [1.807, 2.05) is 0 Å². The highest BCUT2D eigenvalue weighted by atomic mass is 16.6. The van der Waals surface area contributed by atoms with Crippen molar-refractivity contribution in [3.8, 4) is 0 Å². The molecule has 6 nitrogen and oxygen atoms in total. The van der Waals surface area contributed by atoms with Gasteiger partial charge in [-0.05, 0) is 96.3 Å². The summed E-state index contributed by atoms with van der Waals surface area (Å²) >= 11 is 0. The maximum Gasteiger partial charge on any atom is 0.306 e. The minimum absolute atomic E-state index is 0.0844. The molecule has 0 aliphatic carbocycles. The Morgan fingerprint density at radius 2 is 0.613 bits per heavy atom. The van der Waals surface area contributed by atoms with Crippen LogP contribution in [0.2, 0.25) is 0 Å². The lowest BCUT2D eigenvalue weighted by Crippen LogP contribution is -2.30. The molecule has 0 aromatic rings. The van der Waals surface area contributed by atoms with Crippen molar-refractivity contribution in [1.29, 1.82) is 0 Å². The molecule has 0 fully saturated rings. The highest BCUT2D eigenvalue weighted by Crippen LogP contribution is 2.14. The van der Waals surface area contributed by atoms with Crippen molar-refractivity contribution >= 4 is 17.9 Å². The highest BCUT2D eigenvalue weighted by molar-refractivity contribution is 5.71. The van der Waals surface area contributed by atoms with Gasteiger partial charge in [0.15, 0.2) is 6.10 Å². The molecule has 0 aliphatic heterocycles. The van der Waals surface area contributed by atoms with Crippen LogP contribution in [0.1, 0.15) is 271 Å². The van der Waals surface area contributed by atoms with Crippen molar-refractivity contribution in [2.75, 3.05) is 13.2 Å². The van der Waals surface area contributed by atoms with Crippen LogP contribution in [0.15, 0.2) is 48.6 Å². The standard InChI is InChI=1S/C56H100O6/c1-4-7-10-13-16-19-22-25-27-29-31-34-37-40-43-46-49-55(58)61-52-53(51-60-54(57)48-45-42-39-36-33-30-24-21-18-15-12-9-6-3)62-56(59)50-47-44-41-38-35-32-28-26-23-20-17-14-11-8-5-2/h12,15,21,24,26-29,53H,4-11,13-14,16-20,22-23,25,30-52H2,1-3H3/b15-12-,24-21-,28-26-,29-27-. The van der Waals surface area contributed by atoms with Crippen molar-refractivity contribution in [3.63, 3.8) is 0 Å². The van der Waals surface area contributed by atoms with Gasteiger partial charge in [0.05, 0.1) is 0 Å². The van der Waals surface area contributed by atoms with Gasteiger partial charge in [-0.15, -0.1) is 0 Å². The zero-order valence-corrected chi connectivity index (χ0v) is 41.1. The Hall–Kier alpha value is -2.63. The van der Waals surface area contributed by atoms with Crippen LogP contribution in [-0.4, -0.2) is 37.2 Å². The van der Waals surface area contributed by atoms with Gasteiger partial charge in [0.25, 0.3) is 0 Å². The van der Waals surface area contributed by atoms with Crippen LogP contribution in [0.25, 0.3) is 0 Å². The Bertz CT molecular complexity index is 1090. The second kappa shape index (κ2) is 51.0. The van der Waals surface area contributed by atoms with Crippen LogP contribution in [0.5, 0.6) is 0 Å². The number of allylic oxidation sites excluding steroid dienone is 8. The molecule has 6 heteroatoms.